The van der Waals surface area contributed by atoms with Gasteiger partial charge in [-0.3, -0.25) is 0 Å². The predicted molar refractivity (Wildman–Crippen MR) is 74.1 cm³/mol. The summed E-state index contributed by atoms with van der Waals surface area (Å²) in [4.78, 5) is 6.44. The Bertz CT molecular complexity index is 517. The Morgan fingerprint density at radius 1 is 1.39 bits per heavy atom. The molecule has 0 amide bonds. The highest BCUT2D eigenvalue weighted by molar-refractivity contribution is 5.52. The van der Waals surface area contributed by atoms with Gasteiger partial charge in [0, 0.05) is 26.2 Å². The van der Waals surface area contributed by atoms with Crippen molar-refractivity contribution in [3.8, 4) is 0 Å². The van der Waals surface area contributed by atoms with E-state index in [1.165, 1.54) is 5.56 Å². The summed E-state index contributed by atoms with van der Waals surface area (Å²) in [6, 6.07) is 4.69. The SMILES string of the molecule is Cc1cc(N(C)CCNC(C)C)n2ncnc2c1. The van der Waals surface area contributed by atoms with E-state index in [1.807, 2.05) is 10.6 Å². The molecule has 1 N–H and O–H groups in total. The van der Waals surface area contributed by atoms with Gasteiger partial charge in [0.1, 0.15) is 12.1 Å². The molecule has 0 unspecified atom stereocenters. The van der Waals surface area contributed by atoms with Gasteiger partial charge in [-0.25, -0.2) is 4.98 Å². The number of aromatic nitrogens is 3. The van der Waals surface area contributed by atoms with Gasteiger partial charge in [0.15, 0.2) is 5.65 Å². The zero-order valence-corrected chi connectivity index (χ0v) is 11.5. The van der Waals surface area contributed by atoms with Crippen LogP contribution in [0.2, 0.25) is 0 Å². The molecular formula is C13H21N5. The molecule has 0 bridgehead atoms. The molecular weight excluding hydrogens is 226 g/mol. The molecule has 5 nitrogen and oxygen atoms in total. The van der Waals surface area contributed by atoms with Crippen LogP contribution < -0.4 is 10.2 Å². The fourth-order valence-electron chi connectivity index (χ4n) is 1.94. The number of nitrogens with zero attached hydrogens (tertiary/aromatic N) is 4. The maximum absolute atomic E-state index is 4.27. The van der Waals surface area contributed by atoms with Crippen LogP contribution in [-0.2, 0) is 0 Å². The van der Waals surface area contributed by atoms with Gasteiger partial charge in [-0.2, -0.15) is 9.61 Å². The van der Waals surface area contributed by atoms with Crippen LogP contribution in [0.25, 0.3) is 5.65 Å². The van der Waals surface area contributed by atoms with Crippen LogP contribution >= 0.6 is 0 Å². The van der Waals surface area contributed by atoms with Crippen molar-refractivity contribution >= 4 is 11.5 Å². The Morgan fingerprint density at radius 3 is 2.89 bits per heavy atom. The molecule has 0 aliphatic heterocycles. The molecule has 0 radical (unpaired) electrons. The lowest BCUT2D eigenvalue weighted by Crippen LogP contribution is -2.33. The molecule has 0 spiro atoms. The average molecular weight is 247 g/mol. The molecule has 18 heavy (non-hydrogen) atoms. The molecule has 0 atom stereocenters. The molecule has 2 aromatic rings. The summed E-state index contributed by atoms with van der Waals surface area (Å²) >= 11 is 0. The Hall–Kier alpha value is -1.62. The first kappa shape index (κ1) is 12.8. The number of hydrogen-bond acceptors (Lipinski definition) is 4. The second kappa shape index (κ2) is 5.35. The third kappa shape index (κ3) is 2.79. The third-order valence-electron chi connectivity index (χ3n) is 2.90. The van der Waals surface area contributed by atoms with Crippen molar-refractivity contribution in [1.29, 1.82) is 0 Å². The number of fused-ring (bicyclic) bond motifs is 1. The van der Waals surface area contributed by atoms with E-state index < -0.39 is 0 Å². The average Bonchev–Trinajstić information content (AvgIpc) is 2.74. The summed E-state index contributed by atoms with van der Waals surface area (Å²) in [5.74, 6) is 1.08. The van der Waals surface area contributed by atoms with Crippen LogP contribution in [0, 0.1) is 6.92 Å². The number of pyridine rings is 1. The zero-order chi connectivity index (χ0) is 13.1. The van der Waals surface area contributed by atoms with Gasteiger partial charge < -0.3 is 10.2 Å². The smallest absolute Gasteiger partial charge is 0.157 e. The number of anilines is 1. The standard InChI is InChI=1S/C13H21N5/c1-10(2)14-5-6-17(4)13-8-11(3)7-12-15-9-16-18(12)13/h7-10,14H,5-6H2,1-4H3. The van der Waals surface area contributed by atoms with Crippen LogP contribution in [0.5, 0.6) is 0 Å². The van der Waals surface area contributed by atoms with Crippen molar-refractivity contribution < 1.29 is 0 Å². The molecule has 0 saturated heterocycles. The van der Waals surface area contributed by atoms with Gasteiger partial charge in [0.2, 0.25) is 0 Å². The lowest BCUT2D eigenvalue weighted by molar-refractivity contribution is 0.587. The van der Waals surface area contributed by atoms with Crippen molar-refractivity contribution in [2.75, 3.05) is 25.0 Å². The van der Waals surface area contributed by atoms with Crippen LogP contribution in [0.3, 0.4) is 0 Å². The third-order valence-corrected chi connectivity index (χ3v) is 2.90. The van der Waals surface area contributed by atoms with Gasteiger partial charge in [-0.1, -0.05) is 13.8 Å². The lowest BCUT2D eigenvalue weighted by atomic mass is 10.3. The van der Waals surface area contributed by atoms with E-state index in [4.69, 9.17) is 0 Å². The maximum Gasteiger partial charge on any atom is 0.157 e. The van der Waals surface area contributed by atoms with Crippen molar-refractivity contribution in [3.05, 3.63) is 24.0 Å². The summed E-state index contributed by atoms with van der Waals surface area (Å²) in [5, 5.41) is 7.68. The fraction of sp³-hybridized carbons (Fsp3) is 0.538. The number of hydrogen-bond donors (Lipinski definition) is 1. The lowest BCUT2D eigenvalue weighted by Gasteiger charge is -2.21. The summed E-state index contributed by atoms with van der Waals surface area (Å²) in [6.07, 6.45) is 1.60. The van der Waals surface area contributed by atoms with Gasteiger partial charge in [-0.05, 0) is 24.6 Å². The first-order valence-electron chi connectivity index (χ1n) is 6.33. The van der Waals surface area contributed by atoms with E-state index >= 15 is 0 Å². The fourth-order valence-corrected chi connectivity index (χ4v) is 1.94. The minimum Gasteiger partial charge on any atom is -0.358 e. The van der Waals surface area contributed by atoms with Crippen LogP contribution in [-0.4, -0.2) is 40.8 Å². The van der Waals surface area contributed by atoms with E-state index in [2.05, 4.69) is 54.2 Å². The van der Waals surface area contributed by atoms with E-state index in [0.717, 1.165) is 24.6 Å². The minimum absolute atomic E-state index is 0.516. The van der Waals surface area contributed by atoms with Gasteiger partial charge in [0.25, 0.3) is 0 Å². The van der Waals surface area contributed by atoms with Crippen LogP contribution in [0.4, 0.5) is 5.82 Å². The van der Waals surface area contributed by atoms with Crippen molar-refractivity contribution in [1.82, 2.24) is 19.9 Å². The quantitative estimate of drug-likeness (QED) is 0.869. The molecule has 2 aromatic heterocycles. The van der Waals surface area contributed by atoms with Crippen molar-refractivity contribution in [3.63, 3.8) is 0 Å². The van der Waals surface area contributed by atoms with Crippen LogP contribution in [0.15, 0.2) is 18.5 Å². The molecule has 0 aliphatic carbocycles. The number of nitrogens with one attached hydrogen (secondary N) is 1. The molecule has 0 saturated carbocycles. The topological polar surface area (TPSA) is 45.5 Å². The summed E-state index contributed by atoms with van der Waals surface area (Å²) in [6.45, 7) is 8.29. The number of aryl methyl sites for hydroxylation is 1. The predicted octanol–water partition coefficient (Wildman–Crippen LogP) is 1.47. The molecule has 0 aromatic carbocycles. The molecule has 98 valence electrons. The first-order valence-corrected chi connectivity index (χ1v) is 6.33. The van der Waals surface area contributed by atoms with E-state index in [-0.39, 0.29) is 0 Å². The Kier molecular flexibility index (Phi) is 3.81. The van der Waals surface area contributed by atoms with Crippen molar-refractivity contribution in [2.45, 2.75) is 26.8 Å². The Labute approximate surface area is 108 Å². The van der Waals surface area contributed by atoms with E-state index in [9.17, 15) is 0 Å². The molecule has 2 heterocycles. The highest BCUT2D eigenvalue weighted by Gasteiger charge is 2.08. The summed E-state index contributed by atoms with van der Waals surface area (Å²) < 4.78 is 1.88. The molecule has 0 aliphatic rings. The van der Waals surface area contributed by atoms with E-state index in [0.29, 0.717) is 6.04 Å². The van der Waals surface area contributed by atoms with E-state index in [1.54, 1.807) is 6.33 Å². The Morgan fingerprint density at radius 2 is 2.17 bits per heavy atom. The number of likely N-dealkylation sites (N-methyl/N-ethyl adjacent to an activating group) is 1. The first-order chi connectivity index (χ1) is 8.58. The van der Waals surface area contributed by atoms with Gasteiger partial charge >= 0.3 is 0 Å². The molecule has 5 heteroatoms. The van der Waals surface area contributed by atoms with Crippen molar-refractivity contribution in [2.24, 2.45) is 0 Å². The highest BCUT2D eigenvalue weighted by Crippen LogP contribution is 2.16. The maximum atomic E-state index is 4.27. The number of rotatable bonds is 5. The largest absolute Gasteiger partial charge is 0.358 e. The monoisotopic (exact) mass is 247 g/mol. The van der Waals surface area contributed by atoms with Gasteiger partial charge in [-0.15, -0.1) is 0 Å². The molecule has 2 rings (SSSR count). The Balaban J connectivity index is 2.16. The van der Waals surface area contributed by atoms with Gasteiger partial charge in [0.05, 0.1) is 0 Å². The summed E-state index contributed by atoms with van der Waals surface area (Å²) in [5.41, 5.74) is 2.10. The minimum atomic E-state index is 0.516. The normalized spacial score (nSPS) is 11.4. The molecule has 0 fully saturated rings. The van der Waals surface area contributed by atoms with Crippen LogP contribution in [0.1, 0.15) is 19.4 Å². The second-order valence-corrected chi connectivity index (χ2v) is 4.95. The summed E-state index contributed by atoms with van der Waals surface area (Å²) in [7, 11) is 2.08. The second-order valence-electron chi connectivity index (χ2n) is 4.95. The highest BCUT2D eigenvalue weighted by atomic mass is 15.4. The zero-order valence-electron chi connectivity index (χ0n) is 11.5.